The van der Waals surface area contributed by atoms with Crippen molar-refractivity contribution in [1.29, 1.82) is 0 Å². The molecule has 1 aliphatic heterocycles. The van der Waals surface area contributed by atoms with Crippen LogP contribution in [-0.2, 0) is 13.6 Å². The molecular formula is C8H16O3P+. The fraction of sp³-hybridized carbons (Fsp3) is 1.00. The molecule has 2 atom stereocenters. The fourth-order valence-electron chi connectivity index (χ4n) is 1.34. The molecule has 70 valence electrons. The largest absolute Gasteiger partial charge is 0.698 e. The molecule has 0 radical (unpaired) electrons. The molecule has 4 heteroatoms. The normalized spacial score (nSPS) is 32.7. The van der Waals surface area contributed by atoms with Crippen molar-refractivity contribution < 1.29 is 13.6 Å². The van der Waals surface area contributed by atoms with Crippen LogP contribution in [-0.4, -0.2) is 12.2 Å². The zero-order valence-electron chi connectivity index (χ0n) is 7.71. The molecule has 3 nitrogen and oxygen atoms in total. The second kappa shape index (κ2) is 4.31. The molecule has 0 N–H and O–H groups in total. The number of rotatable bonds is 4. The van der Waals surface area contributed by atoms with Crippen molar-refractivity contribution in [3.8, 4) is 0 Å². The summed E-state index contributed by atoms with van der Waals surface area (Å²) >= 11 is 0. The van der Waals surface area contributed by atoms with E-state index in [0.29, 0.717) is 6.61 Å². The van der Waals surface area contributed by atoms with Crippen LogP contribution in [0.4, 0.5) is 0 Å². The van der Waals surface area contributed by atoms with Crippen LogP contribution in [0, 0.1) is 0 Å². The highest BCUT2D eigenvalue weighted by Crippen LogP contribution is 2.44. The van der Waals surface area contributed by atoms with Gasteiger partial charge >= 0.3 is 8.25 Å². The fourth-order valence-corrected chi connectivity index (χ4v) is 2.32. The monoisotopic (exact) mass is 191 g/mol. The maximum absolute atomic E-state index is 10.9. The van der Waals surface area contributed by atoms with E-state index in [1.807, 2.05) is 6.92 Å². The van der Waals surface area contributed by atoms with Gasteiger partial charge in [-0.25, -0.2) is 0 Å². The van der Waals surface area contributed by atoms with E-state index in [2.05, 4.69) is 6.92 Å². The molecule has 2 unspecified atom stereocenters. The molecule has 0 aromatic heterocycles. The first-order valence-electron chi connectivity index (χ1n) is 4.52. The Morgan fingerprint density at radius 2 is 2.25 bits per heavy atom. The lowest BCUT2D eigenvalue weighted by atomic mass is 9.95. The molecular weight excluding hydrogens is 175 g/mol. The summed E-state index contributed by atoms with van der Waals surface area (Å²) < 4.78 is 21.1. The molecule has 0 aromatic rings. The summed E-state index contributed by atoms with van der Waals surface area (Å²) in [6.45, 7) is 4.69. The van der Waals surface area contributed by atoms with Gasteiger partial charge in [-0.1, -0.05) is 26.7 Å². The van der Waals surface area contributed by atoms with Crippen molar-refractivity contribution >= 4 is 8.25 Å². The van der Waals surface area contributed by atoms with Crippen LogP contribution >= 0.6 is 8.25 Å². The highest BCUT2D eigenvalue weighted by molar-refractivity contribution is 7.33. The SMILES string of the molecule is CCCCC1(CC)CO[P+](=O)O1. The van der Waals surface area contributed by atoms with Crippen LogP contribution < -0.4 is 0 Å². The van der Waals surface area contributed by atoms with Gasteiger partial charge in [-0.2, -0.15) is 0 Å². The van der Waals surface area contributed by atoms with Gasteiger partial charge in [-0.15, -0.1) is 9.05 Å². The van der Waals surface area contributed by atoms with Crippen LogP contribution in [0.1, 0.15) is 39.5 Å². The molecule has 0 aromatic carbocycles. The van der Waals surface area contributed by atoms with Gasteiger partial charge < -0.3 is 0 Å². The van der Waals surface area contributed by atoms with E-state index in [9.17, 15) is 4.57 Å². The average Bonchev–Trinajstić information content (AvgIpc) is 2.45. The minimum absolute atomic E-state index is 0.247. The van der Waals surface area contributed by atoms with Crippen LogP contribution in [0.5, 0.6) is 0 Å². The smallest absolute Gasteiger partial charge is 0.116 e. The molecule has 12 heavy (non-hydrogen) atoms. The van der Waals surface area contributed by atoms with E-state index in [1.165, 1.54) is 0 Å². The van der Waals surface area contributed by atoms with Gasteiger partial charge in [0.25, 0.3) is 0 Å². The van der Waals surface area contributed by atoms with Crippen molar-refractivity contribution in [2.75, 3.05) is 6.61 Å². The molecule has 0 amide bonds. The summed E-state index contributed by atoms with van der Waals surface area (Å²) in [5.74, 6) is 0. The van der Waals surface area contributed by atoms with Crippen LogP contribution in [0.15, 0.2) is 0 Å². The Kier molecular flexibility index (Phi) is 3.63. The Bertz CT molecular complexity index is 172. The summed E-state index contributed by atoms with van der Waals surface area (Å²) in [5.41, 5.74) is -0.247. The first-order valence-corrected chi connectivity index (χ1v) is 5.61. The predicted octanol–water partition coefficient (Wildman–Crippen LogP) is 3.03. The molecule has 0 spiro atoms. The third-order valence-corrected chi connectivity index (χ3v) is 3.21. The van der Waals surface area contributed by atoms with Gasteiger partial charge in [0.15, 0.2) is 5.60 Å². The first-order chi connectivity index (χ1) is 5.72. The van der Waals surface area contributed by atoms with Crippen molar-refractivity contribution in [2.45, 2.75) is 45.1 Å². The Morgan fingerprint density at radius 3 is 2.67 bits per heavy atom. The maximum atomic E-state index is 10.9. The van der Waals surface area contributed by atoms with Gasteiger partial charge in [0.05, 0.1) is 0 Å². The molecule has 1 aliphatic rings. The first kappa shape index (κ1) is 10.1. The Balaban J connectivity index is 2.46. The van der Waals surface area contributed by atoms with Crippen molar-refractivity contribution in [2.24, 2.45) is 0 Å². The summed E-state index contributed by atoms with van der Waals surface area (Å²) in [6, 6.07) is 0. The summed E-state index contributed by atoms with van der Waals surface area (Å²) in [5, 5.41) is 0. The van der Waals surface area contributed by atoms with E-state index in [0.717, 1.165) is 25.7 Å². The van der Waals surface area contributed by atoms with E-state index in [4.69, 9.17) is 9.05 Å². The second-order valence-electron chi connectivity index (χ2n) is 3.23. The molecule has 1 fully saturated rings. The van der Waals surface area contributed by atoms with Gasteiger partial charge in [-0.3, -0.25) is 0 Å². The van der Waals surface area contributed by atoms with E-state index in [-0.39, 0.29) is 5.60 Å². The Hall–Kier alpha value is 0.0200. The minimum atomic E-state index is -1.83. The zero-order chi connectivity index (χ0) is 9.03. The number of unbranched alkanes of at least 4 members (excludes halogenated alkanes) is 1. The van der Waals surface area contributed by atoms with Gasteiger partial charge in [0, 0.05) is 4.57 Å². The van der Waals surface area contributed by atoms with Crippen molar-refractivity contribution in [3.05, 3.63) is 0 Å². The zero-order valence-corrected chi connectivity index (χ0v) is 8.60. The van der Waals surface area contributed by atoms with Crippen LogP contribution in [0.25, 0.3) is 0 Å². The second-order valence-corrected chi connectivity index (χ2v) is 4.12. The van der Waals surface area contributed by atoms with Gasteiger partial charge in [0.1, 0.15) is 6.61 Å². The molecule has 0 saturated carbocycles. The Labute approximate surface area is 74.4 Å². The highest BCUT2D eigenvalue weighted by Gasteiger charge is 2.49. The quantitative estimate of drug-likeness (QED) is 0.640. The van der Waals surface area contributed by atoms with Crippen LogP contribution in [0.2, 0.25) is 0 Å². The average molecular weight is 191 g/mol. The molecule has 0 bridgehead atoms. The lowest BCUT2D eigenvalue weighted by Gasteiger charge is -2.17. The van der Waals surface area contributed by atoms with E-state index in [1.54, 1.807) is 0 Å². The maximum Gasteiger partial charge on any atom is 0.698 e. The standard InChI is InChI=1S/C8H16O3P/c1-3-5-6-8(4-2)7-10-12(9)11-8/h3-7H2,1-2H3/q+1. The van der Waals surface area contributed by atoms with Crippen molar-refractivity contribution in [1.82, 2.24) is 0 Å². The van der Waals surface area contributed by atoms with Crippen LogP contribution in [0.3, 0.4) is 0 Å². The Morgan fingerprint density at radius 1 is 1.50 bits per heavy atom. The topological polar surface area (TPSA) is 35.5 Å². The molecule has 1 saturated heterocycles. The summed E-state index contributed by atoms with van der Waals surface area (Å²) in [6.07, 6.45) is 4.09. The van der Waals surface area contributed by atoms with Gasteiger partial charge in [0.2, 0.25) is 0 Å². The minimum Gasteiger partial charge on any atom is -0.116 e. The molecule has 1 rings (SSSR count). The highest BCUT2D eigenvalue weighted by atomic mass is 31.1. The van der Waals surface area contributed by atoms with Crippen molar-refractivity contribution in [3.63, 3.8) is 0 Å². The number of hydrogen-bond acceptors (Lipinski definition) is 3. The summed E-state index contributed by atoms with van der Waals surface area (Å²) in [4.78, 5) is 0. The predicted molar refractivity (Wildman–Crippen MR) is 47.2 cm³/mol. The third kappa shape index (κ3) is 2.25. The summed E-state index contributed by atoms with van der Waals surface area (Å²) in [7, 11) is -1.83. The molecule has 0 aliphatic carbocycles. The lowest BCUT2D eigenvalue weighted by Crippen LogP contribution is -2.29. The van der Waals surface area contributed by atoms with E-state index >= 15 is 0 Å². The lowest BCUT2D eigenvalue weighted by molar-refractivity contribution is 0.0783. The number of hydrogen-bond donors (Lipinski definition) is 0. The van der Waals surface area contributed by atoms with Gasteiger partial charge in [-0.05, 0) is 12.8 Å². The van der Waals surface area contributed by atoms with E-state index < -0.39 is 8.25 Å². The molecule has 1 heterocycles. The third-order valence-electron chi connectivity index (χ3n) is 2.33.